The fraction of sp³-hybridized carbons (Fsp3) is 0.533. The second-order valence-electron chi connectivity index (χ2n) is 5.36. The number of hydrogen-bond acceptors (Lipinski definition) is 2. The normalized spacial score (nSPS) is 14.1. The van der Waals surface area contributed by atoms with Gasteiger partial charge in [0.1, 0.15) is 0 Å². The number of rotatable bonds is 4. The summed E-state index contributed by atoms with van der Waals surface area (Å²) in [5, 5.41) is 3.01. The third-order valence-corrected chi connectivity index (χ3v) is 3.01. The molecular formula is C15H24N2O. The third kappa shape index (κ3) is 3.84. The van der Waals surface area contributed by atoms with E-state index in [0.717, 1.165) is 23.1 Å². The average molecular weight is 248 g/mol. The molecule has 18 heavy (non-hydrogen) atoms. The van der Waals surface area contributed by atoms with Crippen LogP contribution in [0.1, 0.15) is 47.3 Å². The number of carbonyl (C=O) groups excluding carboxylic acids is 1. The van der Waals surface area contributed by atoms with Crippen molar-refractivity contribution in [3.8, 4) is 0 Å². The van der Waals surface area contributed by atoms with Gasteiger partial charge in [-0.1, -0.05) is 17.7 Å². The molecule has 2 atom stereocenters. The number of aryl methyl sites for hydroxylation is 3. The van der Waals surface area contributed by atoms with Crippen molar-refractivity contribution in [3.63, 3.8) is 0 Å². The summed E-state index contributed by atoms with van der Waals surface area (Å²) in [6.07, 6.45) is 0.787. The van der Waals surface area contributed by atoms with E-state index in [-0.39, 0.29) is 18.0 Å². The maximum atomic E-state index is 12.2. The van der Waals surface area contributed by atoms with Crippen LogP contribution in [0.2, 0.25) is 0 Å². The number of amides is 1. The van der Waals surface area contributed by atoms with Gasteiger partial charge < -0.3 is 11.1 Å². The zero-order valence-corrected chi connectivity index (χ0v) is 12.0. The van der Waals surface area contributed by atoms with E-state index in [1.807, 2.05) is 46.8 Å². The molecule has 1 aromatic rings. The molecule has 1 rings (SSSR count). The van der Waals surface area contributed by atoms with Crippen molar-refractivity contribution >= 4 is 5.91 Å². The molecule has 0 fully saturated rings. The summed E-state index contributed by atoms with van der Waals surface area (Å²) in [6, 6.07) is 4.27. The van der Waals surface area contributed by atoms with Gasteiger partial charge in [0.2, 0.25) is 0 Å². The Balaban J connectivity index is 2.85. The molecule has 0 bridgehead atoms. The highest BCUT2D eigenvalue weighted by atomic mass is 16.1. The molecule has 1 aromatic carbocycles. The van der Waals surface area contributed by atoms with Gasteiger partial charge in [-0.25, -0.2) is 0 Å². The minimum Gasteiger partial charge on any atom is -0.350 e. The van der Waals surface area contributed by atoms with E-state index < -0.39 is 0 Å². The zero-order valence-electron chi connectivity index (χ0n) is 12.0. The summed E-state index contributed by atoms with van der Waals surface area (Å²) in [7, 11) is 0. The topological polar surface area (TPSA) is 55.1 Å². The minimum absolute atomic E-state index is 0.00171. The summed E-state index contributed by atoms with van der Waals surface area (Å²) in [5.41, 5.74) is 9.76. The van der Waals surface area contributed by atoms with Gasteiger partial charge in [-0.2, -0.15) is 0 Å². The van der Waals surface area contributed by atoms with Crippen LogP contribution in [0.5, 0.6) is 0 Å². The molecule has 0 saturated heterocycles. The van der Waals surface area contributed by atoms with Crippen LogP contribution in [0.15, 0.2) is 12.1 Å². The monoisotopic (exact) mass is 248 g/mol. The molecule has 0 aliphatic rings. The van der Waals surface area contributed by atoms with Crippen molar-refractivity contribution in [1.29, 1.82) is 0 Å². The van der Waals surface area contributed by atoms with Crippen molar-refractivity contribution in [1.82, 2.24) is 5.32 Å². The van der Waals surface area contributed by atoms with Gasteiger partial charge in [0.25, 0.3) is 5.91 Å². The van der Waals surface area contributed by atoms with Crippen LogP contribution in [-0.4, -0.2) is 18.0 Å². The fourth-order valence-electron chi connectivity index (χ4n) is 2.45. The number of nitrogens with one attached hydrogen (secondary N) is 1. The molecule has 0 saturated carbocycles. The van der Waals surface area contributed by atoms with E-state index in [1.165, 1.54) is 5.56 Å². The van der Waals surface area contributed by atoms with Crippen LogP contribution >= 0.6 is 0 Å². The molecule has 0 radical (unpaired) electrons. The molecule has 0 spiro atoms. The van der Waals surface area contributed by atoms with Crippen molar-refractivity contribution < 1.29 is 4.79 Å². The Morgan fingerprint density at radius 3 is 2.17 bits per heavy atom. The van der Waals surface area contributed by atoms with E-state index in [1.54, 1.807) is 0 Å². The van der Waals surface area contributed by atoms with Crippen LogP contribution in [0.3, 0.4) is 0 Å². The predicted octanol–water partition coefficient (Wildman–Crippen LogP) is 2.47. The Bertz CT molecular complexity index is 415. The van der Waals surface area contributed by atoms with Gasteiger partial charge in [-0.05, 0) is 52.2 Å². The molecule has 3 nitrogen and oxygen atoms in total. The average Bonchev–Trinajstić information content (AvgIpc) is 2.12. The SMILES string of the molecule is Cc1cc(C)c(C(=O)NC(C)CC(C)N)c(C)c1. The highest BCUT2D eigenvalue weighted by Crippen LogP contribution is 2.16. The second-order valence-corrected chi connectivity index (χ2v) is 5.36. The molecule has 1 amide bonds. The van der Waals surface area contributed by atoms with Crippen molar-refractivity contribution in [2.75, 3.05) is 0 Å². The molecule has 0 aromatic heterocycles. The summed E-state index contributed by atoms with van der Waals surface area (Å²) in [6.45, 7) is 9.93. The molecule has 3 N–H and O–H groups in total. The van der Waals surface area contributed by atoms with Gasteiger partial charge in [-0.3, -0.25) is 4.79 Å². The van der Waals surface area contributed by atoms with E-state index >= 15 is 0 Å². The summed E-state index contributed by atoms with van der Waals surface area (Å²) in [5.74, 6) is -0.00171. The fourth-order valence-corrected chi connectivity index (χ4v) is 2.45. The minimum atomic E-state index is -0.00171. The smallest absolute Gasteiger partial charge is 0.252 e. The summed E-state index contributed by atoms with van der Waals surface area (Å²) in [4.78, 5) is 12.2. The highest BCUT2D eigenvalue weighted by Gasteiger charge is 2.15. The second kappa shape index (κ2) is 6.01. The first kappa shape index (κ1) is 14.7. The predicted molar refractivity (Wildman–Crippen MR) is 75.8 cm³/mol. The van der Waals surface area contributed by atoms with Crippen LogP contribution < -0.4 is 11.1 Å². The van der Waals surface area contributed by atoms with Gasteiger partial charge >= 0.3 is 0 Å². The number of carbonyl (C=O) groups is 1. The van der Waals surface area contributed by atoms with Crippen LogP contribution in [0.25, 0.3) is 0 Å². The van der Waals surface area contributed by atoms with Crippen molar-refractivity contribution in [3.05, 3.63) is 34.4 Å². The maximum absolute atomic E-state index is 12.2. The lowest BCUT2D eigenvalue weighted by Crippen LogP contribution is -2.37. The molecule has 0 heterocycles. The molecule has 2 unspecified atom stereocenters. The summed E-state index contributed by atoms with van der Waals surface area (Å²) >= 11 is 0. The Labute approximate surface area is 110 Å². The number of benzene rings is 1. The van der Waals surface area contributed by atoms with Crippen LogP contribution in [0.4, 0.5) is 0 Å². The zero-order chi connectivity index (χ0) is 13.9. The van der Waals surface area contributed by atoms with E-state index in [0.29, 0.717) is 0 Å². The third-order valence-electron chi connectivity index (χ3n) is 3.01. The van der Waals surface area contributed by atoms with Gasteiger partial charge in [0.15, 0.2) is 0 Å². The number of hydrogen-bond donors (Lipinski definition) is 2. The standard InChI is InChI=1S/C15H24N2O/c1-9-6-10(2)14(11(3)7-9)15(18)17-13(5)8-12(4)16/h6-7,12-13H,8,16H2,1-5H3,(H,17,18). The first-order valence-electron chi connectivity index (χ1n) is 6.45. The van der Waals surface area contributed by atoms with E-state index in [4.69, 9.17) is 5.73 Å². The first-order valence-corrected chi connectivity index (χ1v) is 6.45. The first-order chi connectivity index (χ1) is 8.31. The molecule has 0 aliphatic carbocycles. The lowest BCUT2D eigenvalue weighted by molar-refractivity contribution is 0.0936. The summed E-state index contributed by atoms with van der Waals surface area (Å²) < 4.78 is 0. The van der Waals surface area contributed by atoms with E-state index in [2.05, 4.69) is 5.32 Å². The van der Waals surface area contributed by atoms with E-state index in [9.17, 15) is 4.79 Å². The maximum Gasteiger partial charge on any atom is 0.252 e. The Kier molecular flexibility index (Phi) is 4.91. The lowest BCUT2D eigenvalue weighted by atomic mass is 9.98. The molecule has 100 valence electrons. The highest BCUT2D eigenvalue weighted by molar-refractivity contribution is 5.97. The van der Waals surface area contributed by atoms with Crippen LogP contribution in [-0.2, 0) is 0 Å². The largest absolute Gasteiger partial charge is 0.350 e. The van der Waals surface area contributed by atoms with Gasteiger partial charge in [-0.15, -0.1) is 0 Å². The van der Waals surface area contributed by atoms with Crippen molar-refractivity contribution in [2.45, 2.75) is 53.1 Å². The van der Waals surface area contributed by atoms with Gasteiger partial charge in [0, 0.05) is 17.6 Å². The van der Waals surface area contributed by atoms with Gasteiger partial charge in [0.05, 0.1) is 0 Å². The Morgan fingerprint density at radius 1 is 1.22 bits per heavy atom. The Hall–Kier alpha value is -1.35. The number of nitrogens with two attached hydrogens (primary N) is 1. The molecule has 3 heteroatoms. The lowest BCUT2D eigenvalue weighted by Gasteiger charge is -2.18. The van der Waals surface area contributed by atoms with Crippen molar-refractivity contribution in [2.24, 2.45) is 5.73 Å². The molecule has 0 aliphatic heterocycles. The van der Waals surface area contributed by atoms with Crippen LogP contribution in [0, 0.1) is 20.8 Å². The molecular weight excluding hydrogens is 224 g/mol. The Morgan fingerprint density at radius 2 is 1.72 bits per heavy atom. The quantitative estimate of drug-likeness (QED) is 0.860.